The summed E-state index contributed by atoms with van der Waals surface area (Å²) in [6.07, 6.45) is 2.78. The largest absolute Gasteiger partial charge is 0.467 e. The third-order valence-electron chi connectivity index (χ3n) is 1.88. The van der Waals surface area contributed by atoms with Gasteiger partial charge in [-0.05, 0) is 6.92 Å². The molecule has 0 fully saturated rings. The molecule has 0 aliphatic rings. The van der Waals surface area contributed by atoms with E-state index in [2.05, 4.69) is 15.1 Å². The number of hydrogen-bond acceptors (Lipinski definition) is 4. The summed E-state index contributed by atoms with van der Waals surface area (Å²) in [4.78, 5) is 7.86. The van der Waals surface area contributed by atoms with Crippen LogP contribution in [0.5, 0.6) is 6.01 Å². The molecular formula is C9H9FN4O. The van der Waals surface area contributed by atoms with Crippen LogP contribution in [-0.2, 0) is 0 Å². The smallest absolute Gasteiger partial charge is 0.318 e. The van der Waals surface area contributed by atoms with Gasteiger partial charge in [0.2, 0.25) is 0 Å². The summed E-state index contributed by atoms with van der Waals surface area (Å²) in [6.45, 7) is 1.59. The fraction of sp³-hybridized carbons (Fsp3) is 0.222. The number of rotatable bonds is 2. The molecule has 0 saturated heterocycles. The molecule has 0 radical (unpaired) electrons. The highest BCUT2D eigenvalue weighted by atomic mass is 19.1. The van der Waals surface area contributed by atoms with Gasteiger partial charge in [0.05, 0.1) is 19.0 Å². The van der Waals surface area contributed by atoms with E-state index in [1.54, 1.807) is 13.0 Å². The van der Waals surface area contributed by atoms with Gasteiger partial charge in [-0.25, -0.2) is 14.1 Å². The van der Waals surface area contributed by atoms with Crippen LogP contribution in [0.25, 0.3) is 5.82 Å². The number of nitrogens with zero attached hydrogens (tertiary/aromatic N) is 4. The van der Waals surface area contributed by atoms with Crippen LogP contribution in [0.4, 0.5) is 4.39 Å². The molecule has 5 nitrogen and oxygen atoms in total. The summed E-state index contributed by atoms with van der Waals surface area (Å²) in [5, 5.41) is 3.95. The summed E-state index contributed by atoms with van der Waals surface area (Å²) in [6, 6.07) is 1.84. The average molecular weight is 208 g/mol. The maximum absolute atomic E-state index is 13.0. The van der Waals surface area contributed by atoms with Crippen molar-refractivity contribution in [2.24, 2.45) is 0 Å². The molecule has 2 rings (SSSR count). The molecule has 0 N–H and O–H groups in total. The van der Waals surface area contributed by atoms with Crippen molar-refractivity contribution < 1.29 is 9.13 Å². The molecule has 6 heteroatoms. The Morgan fingerprint density at radius 2 is 2.27 bits per heavy atom. The topological polar surface area (TPSA) is 52.8 Å². The average Bonchev–Trinajstić information content (AvgIpc) is 2.59. The van der Waals surface area contributed by atoms with Crippen molar-refractivity contribution in [1.29, 1.82) is 0 Å². The Kier molecular flexibility index (Phi) is 2.32. The second kappa shape index (κ2) is 3.64. The number of aromatic nitrogens is 4. The van der Waals surface area contributed by atoms with E-state index in [-0.39, 0.29) is 11.8 Å². The summed E-state index contributed by atoms with van der Waals surface area (Å²) < 4.78 is 19.2. The number of halogens is 1. The van der Waals surface area contributed by atoms with Crippen molar-refractivity contribution in [1.82, 2.24) is 19.7 Å². The molecule has 0 bridgehead atoms. The van der Waals surface area contributed by atoms with E-state index >= 15 is 0 Å². The lowest BCUT2D eigenvalue weighted by Gasteiger charge is -2.01. The zero-order valence-electron chi connectivity index (χ0n) is 8.31. The minimum Gasteiger partial charge on any atom is -0.467 e. The normalized spacial score (nSPS) is 10.3. The zero-order chi connectivity index (χ0) is 10.8. The van der Waals surface area contributed by atoms with Crippen LogP contribution in [0.3, 0.4) is 0 Å². The van der Waals surface area contributed by atoms with Crippen LogP contribution in [0.15, 0.2) is 18.5 Å². The third kappa shape index (κ3) is 1.78. The third-order valence-corrected chi connectivity index (χ3v) is 1.88. The van der Waals surface area contributed by atoms with Gasteiger partial charge in [-0.3, -0.25) is 0 Å². The van der Waals surface area contributed by atoms with Gasteiger partial charge in [-0.1, -0.05) is 0 Å². The first-order valence-corrected chi connectivity index (χ1v) is 4.30. The maximum Gasteiger partial charge on any atom is 0.318 e. The van der Waals surface area contributed by atoms with Crippen molar-refractivity contribution in [3.05, 3.63) is 30.0 Å². The SMILES string of the molecule is COc1nccc(-n2cc(F)c(C)n2)n1. The van der Waals surface area contributed by atoms with Gasteiger partial charge in [0, 0.05) is 12.3 Å². The van der Waals surface area contributed by atoms with Gasteiger partial charge in [0.25, 0.3) is 0 Å². The van der Waals surface area contributed by atoms with Gasteiger partial charge in [0.15, 0.2) is 11.6 Å². The molecule has 0 spiro atoms. The van der Waals surface area contributed by atoms with Crippen LogP contribution >= 0.6 is 0 Å². The fourth-order valence-electron chi connectivity index (χ4n) is 1.11. The molecule has 0 aliphatic heterocycles. The predicted molar refractivity (Wildman–Crippen MR) is 50.4 cm³/mol. The molecule has 0 aromatic carbocycles. The van der Waals surface area contributed by atoms with Crippen LogP contribution < -0.4 is 4.74 Å². The van der Waals surface area contributed by atoms with Crippen LogP contribution in [-0.4, -0.2) is 26.9 Å². The molecule has 0 atom stereocenters. The van der Waals surface area contributed by atoms with E-state index in [0.717, 1.165) is 0 Å². The lowest BCUT2D eigenvalue weighted by molar-refractivity contribution is 0.378. The number of aryl methyl sites for hydroxylation is 1. The van der Waals surface area contributed by atoms with Crippen molar-refractivity contribution in [3.8, 4) is 11.8 Å². The molecule has 15 heavy (non-hydrogen) atoms. The predicted octanol–water partition coefficient (Wildman–Crippen LogP) is 1.12. The van der Waals surface area contributed by atoms with Gasteiger partial charge in [0.1, 0.15) is 0 Å². The minimum absolute atomic E-state index is 0.223. The molecular weight excluding hydrogens is 199 g/mol. The van der Waals surface area contributed by atoms with Crippen LogP contribution in [0, 0.1) is 12.7 Å². The molecule has 0 aliphatic carbocycles. The quantitative estimate of drug-likeness (QED) is 0.742. The summed E-state index contributed by atoms with van der Waals surface area (Å²) in [5.41, 5.74) is 0.326. The first-order valence-electron chi connectivity index (χ1n) is 4.30. The first kappa shape index (κ1) is 9.57. The Hall–Kier alpha value is -1.98. The van der Waals surface area contributed by atoms with E-state index in [0.29, 0.717) is 11.5 Å². The fourth-order valence-corrected chi connectivity index (χ4v) is 1.11. The van der Waals surface area contributed by atoms with Crippen LogP contribution in [0.1, 0.15) is 5.69 Å². The highest BCUT2D eigenvalue weighted by Gasteiger charge is 2.07. The van der Waals surface area contributed by atoms with Crippen LogP contribution in [0.2, 0.25) is 0 Å². The van der Waals surface area contributed by atoms with E-state index in [1.165, 1.54) is 24.2 Å². The molecule has 2 heterocycles. The number of methoxy groups -OCH3 is 1. The highest BCUT2D eigenvalue weighted by Crippen LogP contribution is 2.10. The molecule has 0 unspecified atom stereocenters. The van der Waals surface area contributed by atoms with Crippen molar-refractivity contribution in [2.45, 2.75) is 6.92 Å². The summed E-state index contributed by atoms with van der Waals surface area (Å²) in [7, 11) is 1.47. The Bertz CT molecular complexity index is 463. The van der Waals surface area contributed by atoms with Gasteiger partial charge < -0.3 is 4.74 Å². The second-order valence-corrected chi connectivity index (χ2v) is 2.91. The van der Waals surface area contributed by atoms with Gasteiger partial charge >= 0.3 is 6.01 Å². The first-order chi connectivity index (χ1) is 7.20. The summed E-state index contributed by atoms with van der Waals surface area (Å²) >= 11 is 0. The Balaban J connectivity index is 2.44. The Morgan fingerprint density at radius 1 is 1.47 bits per heavy atom. The molecule has 0 saturated carbocycles. The second-order valence-electron chi connectivity index (χ2n) is 2.91. The zero-order valence-corrected chi connectivity index (χ0v) is 8.31. The van der Waals surface area contributed by atoms with E-state index in [1.807, 2.05) is 0 Å². The highest BCUT2D eigenvalue weighted by molar-refractivity contribution is 5.22. The van der Waals surface area contributed by atoms with Gasteiger partial charge in [-0.2, -0.15) is 10.1 Å². The number of ether oxygens (including phenoxy) is 1. The van der Waals surface area contributed by atoms with E-state index in [4.69, 9.17) is 4.74 Å². The summed E-state index contributed by atoms with van der Waals surface area (Å²) in [5.74, 6) is 0.0985. The van der Waals surface area contributed by atoms with Crippen molar-refractivity contribution in [2.75, 3.05) is 7.11 Å². The lowest BCUT2D eigenvalue weighted by Crippen LogP contribution is -2.01. The van der Waals surface area contributed by atoms with Crippen molar-refractivity contribution in [3.63, 3.8) is 0 Å². The Labute approximate surface area is 85.5 Å². The maximum atomic E-state index is 13.0. The monoisotopic (exact) mass is 208 g/mol. The lowest BCUT2D eigenvalue weighted by atomic mass is 10.5. The minimum atomic E-state index is -0.368. The number of hydrogen-bond donors (Lipinski definition) is 0. The Morgan fingerprint density at radius 3 is 2.87 bits per heavy atom. The standard InChI is InChI=1S/C9H9FN4O/c1-6-7(10)5-14(13-6)8-3-4-11-9(12-8)15-2/h3-5H,1-2H3. The molecule has 0 amide bonds. The van der Waals surface area contributed by atoms with Gasteiger partial charge in [-0.15, -0.1) is 0 Å². The molecule has 2 aromatic heterocycles. The molecule has 78 valence electrons. The molecule has 2 aromatic rings. The van der Waals surface area contributed by atoms with E-state index < -0.39 is 0 Å². The van der Waals surface area contributed by atoms with Crippen molar-refractivity contribution >= 4 is 0 Å². The van der Waals surface area contributed by atoms with E-state index in [9.17, 15) is 4.39 Å².